The molecule has 21 heteroatoms. The van der Waals surface area contributed by atoms with Gasteiger partial charge in [0.1, 0.15) is 29.8 Å². The lowest BCUT2D eigenvalue weighted by Gasteiger charge is -2.29. The number of aliphatic hydroxyl groups is 1. The fourth-order valence-electron chi connectivity index (χ4n) is 3.69. The molecule has 0 radical (unpaired) electrons. The highest BCUT2D eigenvalue weighted by molar-refractivity contribution is 9.09. The number of hydrogen-bond donors (Lipinski definition) is 6. The predicted octanol–water partition coefficient (Wildman–Crippen LogP) is -0.260. The number of aromatic nitrogens is 4. The SMILES string of the molecule is O=C(CBr)C(=O)CSC1Nc2c(ncn2[C@@H]2O[C@H](COP(=O)(O)O)[C@@H](O)[C@H]2OP(=O)(O)O)-c2nccn21. The van der Waals surface area contributed by atoms with E-state index in [4.69, 9.17) is 19.0 Å². The molecule has 0 aromatic carbocycles. The Balaban J connectivity index is 1.64. The van der Waals surface area contributed by atoms with Crippen molar-refractivity contribution in [2.75, 3.05) is 23.0 Å². The number of hydrogen-bond acceptors (Lipinski definition) is 12. The third-order valence-corrected chi connectivity index (χ3v) is 7.85. The van der Waals surface area contributed by atoms with Crippen LogP contribution in [0.2, 0.25) is 0 Å². The second kappa shape index (κ2) is 11.0. The van der Waals surface area contributed by atoms with Crippen LogP contribution in [0.5, 0.6) is 0 Å². The Labute approximate surface area is 220 Å². The number of ether oxygens (including phenoxy) is 1. The number of thioether (sulfide) groups is 1. The van der Waals surface area contributed by atoms with E-state index in [2.05, 4.69) is 35.7 Å². The number of phosphoric acid groups is 2. The van der Waals surface area contributed by atoms with Gasteiger partial charge in [-0.15, -0.1) is 11.8 Å². The lowest BCUT2D eigenvalue weighted by Crippen LogP contribution is -2.35. The molecule has 1 fully saturated rings. The Morgan fingerprint density at radius 2 is 1.89 bits per heavy atom. The number of fused-ring (bicyclic) bond motifs is 3. The molecule has 5 atom stereocenters. The average Bonchev–Trinajstić information content (AvgIpc) is 3.52. The number of nitrogens with zero attached hydrogens (tertiary/aromatic N) is 4. The molecule has 17 nitrogen and oxygen atoms in total. The quantitative estimate of drug-likeness (QED) is 0.104. The maximum absolute atomic E-state index is 12.0. The third kappa shape index (κ3) is 6.41. The Hall–Kier alpha value is -1.47. The molecule has 0 bridgehead atoms. The molecule has 6 N–H and O–H groups in total. The summed E-state index contributed by atoms with van der Waals surface area (Å²) < 4.78 is 40.4. The highest BCUT2D eigenvalue weighted by Gasteiger charge is 2.50. The van der Waals surface area contributed by atoms with Crippen LogP contribution in [-0.2, 0) is 32.5 Å². The molecule has 204 valence electrons. The van der Waals surface area contributed by atoms with Gasteiger partial charge in [0.05, 0.1) is 24.0 Å². The second-order valence-corrected chi connectivity index (χ2v) is 11.8. The smallest absolute Gasteiger partial charge is 0.387 e. The van der Waals surface area contributed by atoms with Gasteiger partial charge in [-0.05, 0) is 0 Å². The lowest BCUT2D eigenvalue weighted by atomic mass is 10.1. The van der Waals surface area contributed by atoms with Gasteiger partial charge in [0, 0.05) is 12.4 Å². The molecule has 0 spiro atoms. The number of carbonyl (C=O) groups excluding carboxylic acids is 2. The first-order chi connectivity index (χ1) is 17.3. The van der Waals surface area contributed by atoms with Gasteiger partial charge in [0.25, 0.3) is 0 Å². The molecule has 0 saturated carbocycles. The zero-order chi connectivity index (χ0) is 27.1. The number of aliphatic hydroxyl groups excluding tert-OH is 1. The van der Waals surface area contributed by atoms with E-state index in [1.54, 1.807) is 10.8 Å². The topological polar surface area (TPSA) is 245 Å². The van der Waals surface area contributed by atoms with Crippen molar-refractivity contribution < 1.29 is 57.2 Å². The lowest BCUT2D eigenvalue weighted by molar-refractivity contribution is -0.133. The average molecular weight is 648 g/mol. The number of phosphoric ester groups is 2. The van der Waals surface area contributed by atoms with E-state index in [9.17, 15) is 33.6 Å². The summed E-state index contributed by atoms with van der Waals surface area (Å²) in [6, 6.07) is 0. The number of anilines is 1. The summed E-state index contributed by atoms with van der Waals surface area (Å²) in [6.45, 7) is -0.820. The maximum Gasteiger partial charge on any atom is 0.470 e. The highest BCUT2D eigenvalue weighted by atomic mass is 79.9. The van der Waals surface area contributed by atoms with Crippen molar-refractivity contribution >= 4 is 60.7 Å². The van der Waals surface area contributed by atoms with Gasteiger partial charge in [-0.3, -0.25) is 27.8 Å². The van der Waals surface area contributed by atoms with Crippen LogP contribution in [-0.4, -0.2) is 91.4 Å². The number of alkyl halides is 1. The van der Waals surface area contributed by atoms with Gasteiger partial charge in [-0.25, -0.2) is 19.1 Å². The van der Waals surface area contributed by atoms with Crippen LogP contribution in [0, 0.1) is 0 Å². The summed E-state index contributed by atoms with van der Waals surface area (Å²) in [6.07, 6.45) is -2.05. The van der Waals surface area contributed by atoms with Crippen molar-refractivity contribution in [3.8, 4) is 11.5 Å². The molecular formula is C16H20BrN5O12P2S. The molecule has 4 heterocycles. The van der Waals surface area contributed by atoms with Crippen LogP contribution in [0.15, 0.2) is 18.7 Å². The van der Waals surface area contributed by atoms with Crippen LogP contribution < -0.4 is 5.32 Å². The molecule has 1 saturated heterocycles. The number of halogens is 1. The number of ketones is 2. The molecular weight excluding hydrogens is 628 g/mol. The van der Waals surface area contributed by atoms with E-state index in [0.29, 0.717) is 5.82 Å². The van der Waals surface area contributed by atoms with E-state index < -0.39 is 63.9 Å². The largest absolute Gasteiger partial charge is 0.470 e. The van der Waals surface area contributed by atoms with Crippen molar-refractivity contribution in [3.05, 3.63) is 18.7 Å². The van der Waals surface area contributed by atoms with Crippen molar-refractivity contribution in [3.63, 3.8) is 0 Å². The fraction of sp³-hybridized carbons (Fsp3) is 0.500. The number of carbonyl (C=O) groups is 2. The van der Waals surface area contributed by atoms with E-state index in [1.165, 1.54) is 17.1 Å². The summed E-state index contributed by atoms with van der Waals surface area (Å²) in [7, 11) is -10.1. The van der Waals surface area contributed by atoms with Crippen LogP contribution in [0.25, 0.3) is 11.5 Å². The Morgan fingerprint density at radius 3 is 2.54 bits per heavy atom. The molecule has 0 amide bonds. The minimum Gasteiger partial charge on any atom is -0.387 e. The maximum atomic E-state index is 12.0. The minimum atomic E-state index is -5.17. The summed E-state index contributed by atoms with van der Waals surface area (Å²) in [5.74, 6) is -0.822. The van der Waals surface area contributed by atoms with Crippen LogP contribution >= 0.6 is 43.3 Å². The Bertz CT molecular complexity index is 1280. The van der Waals surface area contributed by atoms with Gasteiger partial charge in [-0.2, -0.15) is 0 Å². The van der Waals surface area contributed by atoms with E-state index >= 15 is 0 Å². The minimum absolute atomic E-state index is 0.118. The van der Waals surface area contributed by atoms with E-state index in [0.717, 1.165) is 11.8 Å². The Kier molecular flexibility index (Phi) is 8.45. The zero-order valence-electron chi connectivity index (χ0n) is 18.3. The van der Waals surface area contributed by atoms with E-state index in [1.807, 2.05) is 0 Å². The molecule has 1 unspecified atom stereocenters. The van der Waals surface area contributed by atoms with Crippen LogP contribution in [0.3, 0.4) is 0 Å². The first-order valence-corrected chi connectivity index (χ1v) is 15.4. The third-order valence-electron chi connectivity index (χ3n) is 5.24. The first kappa shape index (κ1) is 28.5. The number of Topliss-reactive ketones (excluding diaryl/α,β-unsaturated/α-hetero) is 2. The number of rotatable bonds is 11. The Morgan fingerprint density at radius 1 is 1.16 bits per heavy atom. The van der Waals surface area contributed by atoms with Crippen molar-refractivity contribution in [2.45, 2.75) is 30.0 Å². The fourth-order valence-corrected chi connectivity index (χ4v) is 5.88. The van der Waals surface area contributed by atoms with Gasteiger partial charge in [0.2, 0.25) is 11.6 Å². The van der Waals surface area contributed by atoms with Gasteiger partial charge in [0.15, 0.2) is 17.6 Å². The standard InChI is InChI=1S/C16H20BrN5O12P2S/c17-3-7(23)8(24)5-37-16-20-14-10(13-18-1-2-21(13)16)19-6-22(14)15-12(34-36(29,30)31)11(25)9(33-15)4-32-35(26,27)28/h1-2,6,9,11-12,15-16,20,25H,3-5H2,(H2,26,27,28)(H2,29,30,31)/t9-,11-,12-,15-,16?/m1/s1. The van der Waals surface area contributed by atoms with Crippen molar-refractivity contribution in [2.24, 2.45) is 0 Å². The van der Waals surface area contributed by atoms with Crippen LogP contribution in [0.4, 0.5) is 5.82 Å². The van der Waals surface area contributed by atoms with Gasteiger partial charge < -0.3 is 34.7 Å². The van der Waals surface area contributed by atoms with Crippen molar-refractivity contribution in [1.82, 2.24) is 19.1 Å². The summed E-state index contributed by atoms with van der Waals surface area (Å²) in [5.41, 5.74) is -0.388. The highest BCUT2D eigenvalue weighted by Crippen LogP contribution is 2.48. The predicted molar refractivity (Wildman–Crippen MR) is 127 cm³/mol. The molecule has 37 heavy (non-hydrogen) atoms. The number of imidazole rings is 2. The molecule has 4 rings (SSSR count). The summed E-state index contributed by atoms with van der Waals surface area (Å²) in [5, 5.41) is 13.6. The first-order valence-electron chi connectivity index (χ1n) is 10.2. The van der Waals surface area contributed by atoms with E-state index in [-0.39, 0.29) is 22.6 Å². The molecule has 2 aliphatic rings. The summed E-state index contributed by atoms with van der Waals surface area (Å²) >= 11 is 4.01. The van der Waals surface area contributed by atoms with Gasteiger partial charge >= 0.3 is 15.6 Å². The van der Waals surface area contributed by atoms with Crippen molar-refractivity contribution in [1.29, 1.82) is 0 Å². The van der Waals surface area contributed by atoms with Crippen LogP contribution in [0.1, 0.15) is 11.7 Å². The second-order valence-electron chi connectivity index (χ2n) is 7.70. The monoisotopic (exact) mass is 647 g/mol. The normalized spacial score (nSPS) is 25.4. The summed E-state index contributed by atoms with van der Waals surface area (Å²) in [4.78, 5) is 68.9. The molecule has 2 aliphatic heterocycles. The molecule has 2 aromatic heterocycles. The molecule has 0 aliphatic carbocycles. The number of nitrogens with one attached hydrogen (secondary N) is 1. The van der Waals surface area contributed by atoms with Gasteiger partial charge in [-0.1, -0.05) is 15.9 Å². The molecule has 2 aromatic rings. The zero-order valence-corrected chi connectivity index (χ0v) is 22.5.